The lowest BCUT2D eigenvalue weighted by atomic mass is 10.2. The average molecular weight is 273 g/mol. The van der Waals surface area contributed by atoms with Gasteiger partial charge in [-0.05, 0) is 6.42 Å². The molecule has 1 N–H and O–H groups in total. The van der Waals surface area contributed by atoms with Crippen LogP contribution in [0.25, 0.3) is 0 Å². The zero-order chi connectivity index (χ0) is 12.4. The first-order valence-electron chi connectivity index (χ1n) is 5.09. The van der Waals surface area contributed by atoms with Gasteiger partial charge in [-0.3, -0.25) is 4.79 Å². The lowest BCUT2D eigenvalue weighted by molar-refractivity contribution is -0.141. The second-order valence-corrected chi connectivity index (χ2v) is 5.32. The first-order chi connectivity index (χ1) is 8.15. The number of aromatic nitrogens is 2. The van der Waals surface area contributed by atoms with E-state index >= 15 is 0 Å². The maximum absolute atomic E-state index is 12.1. The van der Waals surface area contributed by atoms with Crippen molar-refractivity contribution in [1.82, 2.24) is 13.6 Å². The topological polar surface area (TPSA) is 83.4 Å². The molecular weight excluding hydrogens is 262 g/mol. The summed E-state index contributed by atoms with van der Waals surface area (Å²) in [6, 6.07) is -0.765. The molecule has 0 saturated carbocycles. The van der Waals surface area contributed by atoms with E-state index in [1.807, 2.05) is 6.92 Å². The molecule has 0 aliphatic carbocycles. The summed E-state index contributed by atoms with van der Waals surface area (Å²) in [7, 11) is 0. The average Bonchev–Trinajstić information content (AvgIpc) is 2.96. The molecule has 6 nitrogen and oxygen atoms in total. The largest absolute Gasteiger partial charge is 0.480 e. The van der Waals surface area contributed by atoms with E-state index < -0.39 is 12.0 Å². The second-order valence-electron chi connectivity index (χ2n) is 3.56. The number of carboxylic acid groups (broad SMARTS) is 1. The molecule has 0 bridgehead atoms. The minimum Gasteiger partial charge on any atom is -0.480 e. The van der Waals surface area contributed by atoms with Gasteiger partial charge in [-0.15, -0.1) is 11.8 Å². The molecule has 0 aromatic carbocycles. The molecule has 2 rings (SSSR count). The lowest BCUT2D eigenvalue weighted by Crippen LogP contribution is -2.45. The summed E-state index contributed by atoms with van der Waals surface area (Å²) >= 11 is 2.44. The van der Waals surface area contributed by atoms with Crippen molar-refractivity contribution < 1.29 is 14.7 Å². The summed E-state index contributed by atoms with van der Waals surface area (Å²) in [5.41, 5.74) is 0.224. The Kier molecular flexibility index (Phi) is 3.63. The lowest BCUT2D eigenvalue weighted by Gasteiger charge is -2.25. The minimum atomic E-state index is -0.968. The summed E-state index contributed by atoms with van der Waals surface area (Å²) in [6.45, 7) is 1.93. The fourth-order valence-electron chi connectivity index (χ4n) is 1.73. The van der Waals surface area contributed by atoms with Crippen molar-refractivity contribution >= 4 is 35.4 Å². The van der Waals surface area contributed by atoms with Gasteiger partial charge in [0.1, 0.15) is 6.04 Å². The van der Waals surface area contributed by atoms with Crippen molar-refractivity contribution in [2.45, 2.75) is 24.8 Å². The number of hydrogen-bond acceptors (Lipinski definition) is 6. The van der Waals surface area contributed by atoms with Crippen LogP contribution in [0.2, 0.25) is 0 Å². The van der Waals surface area contributed by atoms with E-state index in [1.165, 1.54) is 22.9 Å². The maximum atomic E-state index is 12.1. The molecule has 0 radical (unpaired) electrons. The SMILES string of the molecule is CCC1SCC(C(=O)O)N1C(=O)c1cnsn1. The number of thioether (sulfide) groups is 1. The Hall–Kier alpha value is -1.15. The van der Waals surface area contributed by atoms with Crippen LogP contribution < -0.4 is 0 Å². The zero-order valence-corrected chi connectivity index (χ0v) is 10.7. The third kappa shape index (κ3) is 2.27. The number of carbonyl (C=O) groups is 2. The van der Waals surface area contributed by atoms with Crippen LogP contribution in [-0.4, -0.2) is 47.8 Å². The highest BCUT2D eigenvalue weighted by Crippen LogP contribution is 2.32. The maximum Gasteiger partial charge on any atom is 0.327 e. The van der Waals surface area contributed by atoms with Crippen molar-refractivity contribution in [1.29, 1.82) is 0 Å². The van der Waals surface area contributed by atoms with Gasteiger partial charge in [0.15, 0.2) is 5.69 Å². The van der Waals surface area contributed by atoms with Gasteiger partial charge in [-0.1, -0.05) is 6.92 Å². The van der Waals surface area contributed by atoms with Gasteiger partial charge >= 0.3 is 5.97 Å². The van der Waals surface area contributed by atoms with Gasteiger partial charge in [-0.2, -0.15) is 8.75 Å². The normalized spacial score (nSPS) is 23.9. The molecule has 1 fully saturated rings. The van der Waals surface area contributed by atoms with Gasteiger partial charge in [-0.25, -0.2) is 4.79 Å². The van der Waals surface area contributed by atoms with Gasteiger partial charge in [0.25, 0.3) is 5.91 Å². The number of hydrogen-bond donors (Lipinski definition) is 1. The van der Waals surface area contributed by atoms with Crippen LogP contribution in [0, 0.1) is 0 Å². The van der Waals surface area contributed by atoms with Crippen LogP contribution in [0.5, 0.6) is 0 Å². The van der Waals surface area contributed by atoms with Crippen LogP contribution in [-0.2, 0) is 4.79 Å². The Morgan fingerprint density at radius 3 is 2.94 bits per heavy atom. The smallest absolute Gasteiger partial charge is 0.327 e. The van der Waals surface area contributed by atoms with Gasteiger partial charge < -0.3 is 10.0 Å². The van der Waals surface area contributed by atoms with E-state index in [9.17, 15) is 9.59 Å². The molecule has 2 heterocycles. The standard InChI is InChI=1S/C9H11N3O3S2/c1-2-7-12(6(4-16-7)9(14)15)8(13)5-3-10-17-11-5/h3,6-7H,2,4H2,1H3,(H,14,15). The molecule has 92 valence electrons. The Labute approximate surface area is 106 Å². The van der Waals surface area contributed by atoms with E-state index in [-0.39, 0.29) is 17.0 Å². The molecule has 2 unspecified atom stereocenters. The van der Waals surface area contributed by atoms with Crippen molar-refractivity contribution in [3.05, 3.63) is 11.9 Å². The van der Waals surface area contributed by atoms with Crippen molar-refractivity contribution in [2.24, 2.45) is 0 Å². The monoisotopic (exact) mass is 273 g/mol. The highest BCUT2D eigenvalue weighted by atomic mass is 32.2. The molecule has 1 aromatic rings. The Morgan fingerprint density at radius 2 is 2.41 bits per heavy atom. The summed E-state index contributed by atoms with van der Waals surface area (Å²) < 4.78 is 7.62. The Morgan fingerprint density at radius 1 is 1.65 bits per heavy atom. The number of nitrogens with zero attached hydrogens (tertiary/aromatic N) is 3. The fraction of sp³-hybridized carbons (Fsp3) is 0.556. The second kappa shape index (κ2) is 5.01. The number of rotatable bonds is 3. The van der Waals surface area contributed by atoms with E-state index in [0.717, 1.165) is 18.1 Å². The predicted molar refractivity (Wildman–Crippen MR) is 64.0 cm³/mol. The summed E-state index contributed by atoms with van der Waals surface area (Å²) in [4.78, 5) is 24.7. The van der Waals surface area contributed by atoms with E-state index in [4.69, 9.17) is 5.11 Å². The van der Waals surface area contributed by atoms with E-state index in [0.29, 0.717) is 5.75 Å². The Bertz CT molecular complexity index is 423. The quantitative estimate of drug-likeness (QED) is 0.881. The summed E-state index contributed by atoms with van der Waals surface area (Å²) in [5, 5.41) is 9.01. The molecule has 1 aromatic heterocycles. The predicted octanol–water partition coefficient (Wildman–Crippen LogP) is 0.916. The highest BCUT2D eigenvalue weighted by Gasteiger charge is 2.41. The minimum absolute atomic E-state index is 0.0923. The van der Waals surface area contributed by atoms with E-state index in [1.54, 1.807) is 0 Å². The molecule has 8 heteroatoms. The molecular formula is C9H11N3O3S2. The van der Waals surface area contributed by atoms with Crippen LogP contribution in [0.1, 0.15) is 23.8 Å². The van der Waals surface area contributed by atoms with Crippen LogP contribution >= 0.6 is 23.5 Å². The van der Waals surface area contributed by atoms with Crippen LogP contribution in [0.15, 0.2) is 6.20 Å². The number of carboxylic acids is 1. The fourth-order valence-corrected chi connectivity index (χ4v) is 3.49. The summed E-state index contributed by atoms with van der Waals surface area (Å²) in [6.07, 6.45) is 2.10. The third-order valence-corrected chi connectivity index (χ3v) is 4.47. The van der Waals surface area contributed by atoms with Crippen molar-refractivity contribution in [3.63, 3.8) is 0 Å². The van der Waals surface area contributed by atoms with Crippen LogP contribution in [0.4, 0.5) is 0 Å². The molecule has 1 aliphatic rings. The molecule has 2 atom stereocenters. The third-order valence-electron chi connectivity index (χ3n) is 2.54. The van der Waals surface area contributed by atoms with Crippen molar-refractivity contribution in [2.75, 3.05) is 5.75 Å². The molecule has 0 spiro atoms. The number of amides is 1. The molecule has 17 heavy (non-hydrogen) atoms. The number of aliphatic carboxylic acids is 1. The zero-order valence-electron chi connectivity index (χ0n) is 9.07. The van der Waals surface area contributed by atoms with Gasteiger partial charge in [0.05, 0.1) is 23.3 Å². The molecule has 1 amide bonds. The Balaban J connectivity index is 2.25. The van der Waals surface area contributed by atoms with Crippen LogP contribution in [0.3, 0.4) is 0 Å². The van der Waals surface area contributed by atoms with Crippen molar-refractivity contribution in [3.8, 4) is 0 Å². The molecule has 1 saturated heterocycles. The first-order valence-corrected chi connectivity index (χ1v) is 6.87. The highest BCUT2D eigenvalue weighted by molar-refractivity contribution is 8.00. The molecule has 1 aliphatic heterocycles. The van der Waals surface area contributed by atoms with E-state index in [2.05, 4.69) is 8.75 Å². The van der Waals surface area contributed by atoms with Gasteiger partial charge in [0.2, 0.25) is 0 Å². The number of carbonyl (C=O) groups excluding carboxylic acids is 1. The first kappa shape index (κ1) is 12.3. The summed E-state index contributed by atoms with van der Waals surface area (Å²) in [5.74, 6) is -0.884. The van der Waals surface area contributed by atoms with Gasteiger partial charge in [0, 0.05) is 5.75 Å².